The van der Waals surface area contributed by atoms with Crippen LogP contribution in [0.15, 0.2) is 12.2 Å². The monoisotopic (exact) mass is 324 g/mol. The van der Waals surface area contributed by atoms with E-state index in [0.29, 0.717) is 12.8 Å². The summed E-state index contributed by atoms with van der Waals surface area (Å²) >= 11 is 0. The second-order valence-corrected chi connectivity index (χ2v) is 6.22. The third kappa shape index (κ3) is 17.1. The summed E-state index contributed by atoms with van der Waals surface area (Å²) in [6.45, 7) is 4.25. The number of ether oxygens (including phenoxy) is 1. The number of rotatable bonds is 15. The van der Waals surface area contributed by atoms with Gasteiger partial charge in [-0.2, -0.15) is 0 Å². The van der Waals surface area contributed by atoms with Gasteiger partial charge in [0.15, 0.2) is 0 Å². The number of allylic oxidation sites excluding steroid dienone is 2. The predicted octanol–water partition coefficient (Wildman–Crippen LogP) is 6.11. The first-order valence-corrected chi connectivity index (χ1v) is 9.59. The number of esters is 2. The Morgan fingerprint density at radius 3 is 1.74 bits per heavy atom. The van der Waals surface area contributed by atoms with Crippen molar-refractivity contribution in [3.05, 3.63) is 12.2 Å². The molecule has 0 saturated carbocycles. The fraction of sp³-hybridized carbons (Fsp3) is 0.800. The maximum Gasteiger partial charge on any atom is 0.313 e. The first-order chi connectivity index (χ1) is 11.2. The molecule has 23 heavy (non-hydrogen) atoms. The topological polar surface area (TPSA) is 43.4 Å². The van der Waals surface area contributed by atoms with Crippen molar-refractivity contribution in [2.24, 2.45) is 0 Å². The Morgan fingerprint density at radius 2 is 1.13 bits per heavy atom. The van der Waals surface area contributed by atoms with Gasteiger partial charge in [0.2, 0.25) is 0 Å². The highest BCUT2D eigenvalue weighted by Gasteiger charge is 2.08. The molecule has 0 heterocycles. The largest absolute Gasteiger partial charge is 0.393 e. The normalized spacial score (nSPS) is 11.0. The predicted molar refractivity (Wildman–Crippen MR) is 96.2 cm³/mol. The summed E-state index contributed by atoms with van der Waals surface area (Å²) in [7, 11) is 0. The van der Waals surface area contributed by atoms with Crippen LogP contribution in [0.1, 0.15) is 104 Å². The molecule has 0 N–H and O–H groups in total. The molecule has 0 spiro atoms. The molecule has 0 atom stereocenters. The summed E-state index contributed by atoms with van der Waals surface area (Å²) in [6.07, 6.45) is 18.9. The fourth-order valence-electron chi connectivity index (χ4n) is 2.37. The zero-order chi connectivity index (χ0) is 17.2. The minimum atomic E-state index is -0.383. The van der Waals surface area contributed by atoms with Crippen LogP contribution in [-0.4, -0.2) is 11.9 Å². The van der Waals surface area contributed by atoms with Gasteiger partial charge in [-0.05, 0) is 32.1 Å². The van der Waals surface area contributed by atoms with Crippen molar-refractivity contribution < 1.29 is 14.3 Å². The Balaban J connectivity index is 3.36. The molecule has 0 aliphatic heterocycles. The Labute approximate surface area is 142 Å². The molecule has 3 nitrogen and oxygen atoms in total. The van der Waals surface area contributed by atoms with E-state index in [4.69, 9.17) is 4.74 Å². The highest BCUT2D eigenvalue weighted by Crippen LogP contribution is 2.09. The van der Waals surface area contributed by atoms with Crippen LogP contribution in [0.4, 0.5) is 0 Å². The van der Waals surface area contributed by atoms with Gasteiger partial charge in [0.05, 0.1) is 0 Å². The van der Waals surface area contributed by atoms with Crippen LogP contribution in [0, 0.1) is 0 Å². The van der Waals surface area contributed by atoms with Crippen molar-refractivity contribution in [2.75, 3.05) is 0 Å². The lowest BCUT2D eigenvalue weighted by atomic mass is 10.1. The first-order valence-electron chi connectivity index (χ1n) is 9.59. The van der Waals surface area contributed by atoms with E-state index < -0.39 is 0 Å². The lowest BCUT2D eigenvalue weighted by Crippen LogP contribution is -2.11. The van der Waals surface area contributed by atoms with E-state index in [0.717, 1.165) is 32.1 Å². The highest BCUT2D eigenvalue weighted by molar-refractivity contribution is 5.85. The van der Waals surface area contributed by atoms with Crippen molar-refractivity contribution in [3.8, 4) is 0 Å². The van der Waals surface area contributed by atoms with Crippen LogP contribution in [0.2, 0.25) is 0 Å². The van der Waals surface area contributed by atoms with Crippen LogP contribution in [0.5, 0.6) is 0 Å². The van der Waals surface area contributed by atoms with E-state index in [1.54, 1.807) is 0 Å². The van der Waals surface area contributed by atoms with Gasteiger partial charge < -0.3 is 4.74 Å². The van der Waals surface area contributed by atoms with Crippen LogP contribution in [-0.2, 0) is 14.3 Å². The van der Waals surface area contributed by atoms with Crippen LogP contribution in [0.3, 0.4) is 0 Å². The number of hydrogen-bond donors (Lipinski definition) is 0. The molecule has 0 fully saturated rings. The van der Waals surface area contributed by atoms with Crippen molar-refractivity contribution >= 4 is 11.9 Å². The molecule has 0 aromatic rings. The molecule has 0 bridgehead atoms. The Morgan fingerprint density at radius 1 is 0.652 bits per heavy atom. The molecule has 0 aliphatic carbocycles. The molecular formula is C20H36O3. The molecule has 3 heteroatoms. The fourth-order valence-corrected chi connectivity index (χ4v) is 2.37. The van der Waals surface area contributed by atoms with Crippen molar-refractivity contribution in [1.82, 2.24) is 0 Å². The Hall–Kier alpha value is -1.12. The summed E-state index contributed by atoms with van der Waals surface area (Å²) < 4.78 is 4.75. The van der Waals surface area contributed by atoms with Crippen molar-refractivity contribution in [1.29, 1.82) is 0 Å². The summed E-state index contributed by atoms with van der Waals surface area (Å²) in [5.74, 6) is -0.766. The van der Waals surface area contributed by atoms with Gasteiger partial charge in [0.25, 0.3) is 0 Å². The minimum absolute atomic E-state index is 0.333. The van der Waals surface area contributed by atoms with Gasteiger partial charge >= 0.3 is 11.9 Å². The van der Waals surface area contributed by atoms with Crippen molar-refractivity contribution in [2.45, 2.75) is 104 Å². The molecule has 0 radical (unpaired) electrons. The maximum atomic E-state index is 11.4. The zero-order valence-corrected chi connectivity index (χ0v) is 15.3. The smallest absolute Gasteiger partial charge is 0.313 e. The van der Waals surface area contributed by atoms with E-state index in [1.807, 2.05) is 6.92 Å². The second kappa shape index (κ2) is 17.2. The van der Waals surface area contributed by atoms with Gasteiger partial charge in [0.1, 0.15) is 0 Å². The summed E-state index contributed by atoms with van der Waals surface area (Å²) in [6, 6.07) is 0. The van der Waals surface area contributed by atoms with Crippen LogP contribution < -0.4 is 0 Å². The SMILES string of the molecule is CCCCCCCCC/C=C/CCCC(=O)OC(=O)CCCC. The molecule has 0 rings (SSSR count). The van der Waals surface area contributed by atoms with Crippen LogP contribution >= 0.6 is 0 Å². The second-order valence-electron chi connectivity index (χ2n) is 6.22. The number of unbranched alkanes of at least 4 members (excludes halogenated alkanes) is 9. The van der Waals surface area contributed by atoms with Gasteiger partial charge in [-0.25, -0.2) is 0 Å². The zero-order valence-electron chi connectivity index (χ0n) is 15.3. The van der Waals surface area contributed by atoms with Crippen LogP contribution in [0.25, 0.3) is 0 Å². The Bertz CT molecular complexity index is 321. The summed E-state index contributed by atoms with van der Waals surface area (Å²) in [5, 5.41) is 0. The van der Waals surface area contributed by atoms with E-state index in [9.17, 15) is 9.59 Å². The molecule has 0 unspecified atom stereocenters. The highest BCUT2D eigenvalue weighted by atomic mass is 16.6. The molecule has 0 aromatic heterocycles. The lowest BCUT2D eigenvalue weighted by Gasteiger charge is -2.01. The number of hydrogen-bond acceptors (Lipinski definition) is 3. The standard InChI is InChI=1S/C20H36O3/c1-3-5-7-8-9-10-11-12-13-14-15-16-18-20(22)23-19(21)17-6-4-2/h13-14H,3-12,15-18H2,1-2H3/b14-13+. The third-order valence-corrected chi connectivity index (χ3v) is 3.85. The summed E-state index contributed by atoms with van der Waals surface area (Å²) in [5.41, 5.74) is 0. The molecule has 0 aromatic carbocycles. The molecular weight excluding hydrogens is 288 g/mol. The Kier molecular flexibility index (Phi) is 16.4. The average Bonchev–Trinajstić information content (AvgIpc) is 2.54. The lowest BCUT2D eigenvalue weighted by molar-refractivity contribution is -0.159. The van der Waals surface area contributed by atoms with E-state index in [1.165, 1.54) is 44.9 Å². The van der Waals surface area contributed by atoms with Gasteiger partial charge in [-0.15, -0.1) is 0 Å². The quantitative estimate of drug-likeness (QED) is 0.158. The third-order valence-electron chi connectivity index (χ3n) is 3.85. The van der Waals surface area contributed by atoms with E-state index in [-0.39, 0.29) is 11.9 Å². The number of carbonyl (C=O) groups excluding carboxylic acids is 2. The maximum absolute atomic E-state index is 11.4. The van der Waals surface area contributed by atoms with E-state index in [2.05, 4.69) is 19.1 Å². The first kappa shape index (κ1) is 21.9. The minimum Gasteiger partial charge on any atom is -0.393 e. The number of carbonyl (C=O) groups is 2. The molecule has 0 saturated heterocycles. The van der Waals surface area contributed by atoms with Gasteiger partial charge in [-0.3, -0.25) is 9.59 Å². The van der Waals surface area contributed by atoms with Crippen molar-refractivity contribution in [3.63, 3.8) is 0 Å². The average molecular weight is 325 g/mol. The van der Waals surface area contributed by atoms with Gasteiger partial charge in [0, 0.05) is 12.8 Å². The van der Waals surface area contributed by atoms with Gasteiger partial charge in [-0.1, -0.05) is 70.9 Å². The van der Waals surface area contributed by atoms with E-state index >= 15 is 0 Å². The molecule has 0 aliphatic rings. The summed E-state index contributed by atoms with van der Waals surface area (Å²) in [4.78, 5) is 22.7. The molecule has 0 amide bonds. The molecule has 134 valence electrons.